The molecule has 0 aliphatic heterocycles. The van der Waals surface area contributed by atoms with Gasteiger partial charge in [-0.1, -0.05) is 44.7 Å². The van der Waals surface area contributed by atoms with E-state index >= 15 is 0 Å². The van der Waals surface area contributed by atoms with Gasteiger partial charge in [-0.15, -0.1) is 0 Å². The molecule has 0 fully saturated rings. The Morgan fingerprint density at radius 1 is 1.06 bits per heavy atom. The van der Waals surface area contributed by atoms with E-state index in [0.717, 1.165) is 24.2 Å². The second-order valence-electron chi connectivity index (χ2n) is 5.10. The fourth-order valence-electron chi connectivity index (χ4n) is 1.97. The maximum absolute atomic E-state index is 10.1. The Kier molecular flexibility index (Phi) is 6.81. The molecule has 2 heteroatoms. The van der Waals surface area contributed by atoms with Crippen LogP contribution < -0.4 is 4.74 Å². The Morgan fingerprint density at radius 3 is 2.28 bits per heavy atom. The number of rotatable bonds is 8. The minimum Gasteiger partial charge on any atom is -0.491 e. The predicted molar refractivity (Wildman–Crippen MR) is 75.9 cm³/mol. The summed E-state index contributed by atoms with van der Waals surface area (Å²) in [4.78, 5) is 0. The minimum absolute atomic E-state index is 0.190. The highest BCUT2D eigenvalue weighted by molar-refractivity contribution is 5.28. The van der Waals surface area contributed by atoms with Crippen molar-refractivity contribution in [1.29, 1.82) is 0 Å². The van der Waals surface area contributed by atoms with Gasteiger partial charge in [-0.2, -0.15) is 0 Å². The van der Waals surface area contributed by atoms with Gasteiger partial charge in [0.2, 0.25) is 0 Å². The molecule has 1 N–H and O–H groups in total. The first-order valence-electron chi connectivity index (χ1n) is 7.08. The van der Waals surface area contributed by atoms with Crippen LogP contribution in [0, 0.1) is 0 Å². The number of hydrogen-bond acceptors (Lipinski definition) is 2. The topological polar surface area (TPSA) is 29.5 Å². The molecule has 0 aromatic heterocycles. The highest BCUT2D eigenvalue weighted by atomic mass is 16.5. The Morgan fingerprint density at radius 2 is 1.72 bits per heavy atom. The third kappa shape index (κ3) is 5.54. The first kappa shape index (κ1) is 15.0. The van der Waals surface area contributed by atoms with Crippen LogP contribution in [0.5, 0.6) is 5.75 Å². The molecule has 102 valence electrons. The number of ether oxygens (including phenoxy) is 1. The summed E-state index contributed by atoms with van der Waals surface area (Å²) in [5, 5.41) is 10.1. The molecule has 0 amide bonds. The summed E-state index contributed by atoms with van der Waals surface area (Å²) in [6.07, 6.45) is 5.50. The van der Waals surface area contributed by atoms with Gasteiger partial charge in [-0.3, -0.25) is 0 Å². The Labute approximate surface area is 111 Å². The molecular formula is C16H26O2. The van der Waals surface area contributed by atoms with E-state index in [0.29, 0.717) is 0 Å². The average molecular weight is 250 g/mol. The van der Waals surface area contributed by atoms with Crippen molar-refractivity contribution in [3.8, 4) is 5.75 Å². The third-order valence-electron chi connectivity index (χ3n) is 2.97. The first-order valence-corrected chi connectivity index (χ1v) is 7.08. The van der Waals surface area contributed by atoms with Crippen LogP contribution in [-0.4, -0.2) is 11.2 Å². The van der Waals surface area contributed by atoms with Crippen LogP contribution in [0.15, 0.2) is 24.3 Å². The van der Waals surface area contributed by atoms with Gasteiger partial charge >= 0.3 is 0 Å². The van der Waals surface area contributed by atoms with Crippen LogP contribution in [0.1, 0.15) is 64.5 Å². The summed E-state index contributed by atoms with van der Waals surface area (Å²) < 4.78 is 5.58. The van der Waals surface area contributed by atoms with Crippen LogP contribution in [0.25, 0.3) is 0 Å². The number of unbranched alkanes of at least 4 members (excludes halogenated alkanes) is 3. The summed E-state index contributed by atoms with van der Waals surface area (Å²) in [5.74, 6) is 0.868. The Balaban J connectivity index is 2.41. The van der Waals surface area contributed by atoms with Crippen molar-refractivity contribution in [2.75, 3.05) is 0 Å². The lowest BCUT2D eigenvalue weighted by Gasteiger charge is -2.13. The molecule has 18 heavy (non-hydrogen) atoms. The normalized spacial score (nSPS) is 12.7. The van der Waals surface area contributed by atoms with Gasteiger partial charge in [0.25, 0.3) is 0 Å². The molecule has 0 spiro atoms. The lowest BCUT2D eigenvalue weighted by molar-refractivity contribution is 0.163. The highest BCUT2D eigenvalue weighted by Gasteiger charge is 2.07. The molecule has 1 aromatic carbocycles. The summed E-state index contributed by atoms with van der Waals surface area (Å²) in [7, 11) is 0. The summed E-state index contributed by atoms with van der Waals surface area (Å²) >= 11 is 0. The maximum atomic E-state index is 10.1. The van der Waals surface area contributed by atoms with Crippen LogP contribution in [-0.2, 0) is 0 Å². The second-order valence-corrected chi connectivity index (χ2v) is 5.10. The Bertz CT molecular complexity index is 316. The smallest absolute Gasteiger partial charge is 0.119 e. The van der Waals surface area contributed by atoms with E-state index in [4.69, 9.17) is 4.74 Å². The molecule has 0 saturated carbocycles. The lowest BCUT2D eigenvalue weighted by Crippen LogP contribution is -2.05. The zero-order valence-electron chi connectivity index (χ0n) is 11.9. The molecule has 0 bridgehead atoms. The third-order valence-corrected chi connectivity index (χ3v) is 2.97. The van der Waals surface area contributed by atoms with Crippen molar-refractivity contribution >= 4 is 0 Å². The number of aliphatic hydroxyl groups is 1. The summed E-state index contributed by atoms with van der Waals surface area (Å²) in [6.45, 7) is 6.22. The standard InChI is InChI=1S/C16H26O2/c1-4-5-6-7-8-16(17)14-9-11-15(12-10-14)18-13(2)3/h9-13,16-17H,4-8H2,1-3H3. The van der Waals surface area contributed by atoms with Gasteiger partial charge in [-0.05, 0) is 38.0 Å². The van der Waals surface area contributed by atoms with Crippen molar-refractivity contribution < 1.29 is 9.84 Å². The molecule has 2 nitrogen and oxygen atoms in total. The van der Waals surface area contributed by atoms with Crippen molar-refractivity contribution in [1.82, 2.24) is 0 Å². The molecule has 0 saturated heterocycles. The monoisotopic (exact) mass is 250 g/mol. The molecule has 0 radical (unpaired) electrons. The zero-order chi connectivity index (χ0) is 13.4. The van der Waals surface area contributed by atoms with Gasteiger partial charge in [-0.25, -0.2) is 0 Å². The molecule has 1 aromatic rings. The second kappa shape index (κ2) is 8.15. The highest BCUT2D eigenvalue weighted by Crippen LogP contribution is 2.22. The van der Waals surface area contributed by atoms with Gasteiger partial charge in [0.15, 0.2) is 0 Å². The average Bonchev–Trinajstić information content (AvgIpc) is 2.34. The van der Waals surface area contributed by atoms with Crippen molar-refractivity contribution in [3.63, 3.8) is 0 Å². The van der Waals surface area contributed by atoms with Crippen LogP contribution >= 0.6 is 0 Å². The van der Waals surface area contributed by atoms with E-state index in [1.165, 1.54) is 19.3 Å². The van der Waals surface area contributed by atoms with Gasteiger partial charge < -0.3 is 9.84 Å². The number of benzene rings is 1. The van der Waals surface area contributed by atoms with E-state index in [2.05, 4.69) is 6.92 Å². The first-order chi connectivity index (χ1) is 8.63. The van der Waals surface area contributed by atoms with Crippen molar-refractivity contribution in [3.05, 3.63) is 29.8 Å². The van der Waals surface area contributed by atoms with E-state index in [9.17, 15) is 5.11 Å². The van der Waals surface area contributed by atoms with Crippen LogP contribution in [0.4, 0.5) is 0 Å². The molecule has 1 atom stereocenters. The van der Waals surface area contributed by atoms with Gasteiger partial charge in [0.05, 0.1) is 12.2 Å². The number of aliphatic hydroxyl groups excluding tert-OH is 1. The molecule has 0 aliphatic carbocycles. The molecule has 0 heterocycles. The van der Waals surface area contributed by atoms with Crippen LogP contribution in [0.3, 0.4) is 0 Å². The predicted octanol–water partition coefficient (Wildman–Crippen LogP) is 4.48. The molecule has 1 unspecified atom stereocenters. The molecule has 1 rings (SSSR count). The number of hydrogen-bond donors (Lipinski definition) is 1. The van der Waals surface area contributed by atoms with E-state index < -0.39 is 0 Å². The van der Waals surface area contributed by atoms with Crippen LogP contribution in [0.2, 0.25) is 0 Å². The SMILES string of the molecule is CCCCCCC(O)c1ccc(OC(C)C)cc1. The van der Waals surface area contributed by atoms with Crippen molar-refractivity contribution in [2.45, 2.75) is 65.1 Å². The van der Waals surface area contributed by atoms with Gasteiger partial charge in [0.1, 0.15) is 5.75 Å². The zero-order valence-corrected chi connectivity index (χ0v) is 11.9. The maximum Gasteiger partial charge on any atom is 0.119 e. The van der Waals surface area contributed by atoms with E-state index in [-0.39, 0.29) is 12.2 Å². The quantitative estimate of drug-likeness (QED) is 0.689. The fourth-order valence-corrected chi connectivity index (χ4v) is 1.97. The largest absolute Gasteiger partial charge is 0.491 e. The van der Waals surface area contributed by atoms with E-state index in [1.54, 1.807) is 0 Å². The lowest BCUT2D eigenvalue weighted by atomic mass is 10.0. The van der Waals surface area contributed by atoms with E-state index in [1.807, 2.05) is 38.1 Å². The minimum atomic E-state index is -0.338. The molecular weight excluding hydrogens is 224 g/mol. The fraction of sp³-hybridized carbons (Fsp3) is 0.625. The molecule has 0 aliphatic rings. The summed E-state index contributed by atoms with van der Waals surface area (Å²) in [6, 6.07) is 7.79. The summed E-state index contributed by atoms with van der Waals surface area (Å²) in [5.41, 5.74) is 0.989. The van der Waals surface area contributed by atoms with Crippen molar-refractivity contribution in [2.24, 2.45) is 0 Å². The Hall–Kier alpha value is -1.02. The van der Waals surface area contributed by atoms with Gasteiger partial charge in [0, 0.05) is 0 Å².